The van der Waals surface area contributed by atoms with Crippen LogP contribution in [0.4, 0.5) is 17.2 Å². The first-order valence-electron chi connectivity index (χ1n) is 20.3. The quantitative estimate of drug-likeness (QED) is 0.0561. The number of H-pyrrole nitrogens is 1. The van der Waals surface area contributed by atoms with Gasteiger partial charge < -0.3 is 15.4 Å². The molecule has 0 spiro atoms. The number of hydrogen-bond donors (Lipinski definition) is 3. The zero-order chi connectivity index (χ0) is 43.9. The van der Waals surface area contributed by atoms with Gasteiger partial charge in [-0.2, -0.15) is 0 Å². The third-order valence-corrected chi connectivity index (χ3v) is 14.9. The Balaban J connectivity index is 1.67. The van der Waals surface area contributed by atoms with Gasteiger partial charge in [0.15, 0.2) is 6.10 Å². The van der Waals surface area contributed by atoms with Crippen molar-refractivity contribution in [3.8, 4) is 11.4 Å². The number of benzene rings is 3. The second kappa shape index (κ2) is 20.6. The van der Waals surface area contributed by atoms with Crippen molar-refractivity contribution in [1.82, 2.24) is 14.1 Å². The molecule has 0 radical (unpaired) electrons. The van der Waals surface area contributed by atoms with Crippen molar-refractivity contribution in [2.24, 2.45) is 0 Å². The number of thioether (sulfide) groups is 1. The molecule has 3 N–H and O–H groups in total. The van der Waals surface area contributed by atoms with Crippen LogP contribution in [-0.2, 0) is 25.6 Å². The van der Waals surface area contributed by atoms with Crippen LogP contribution < -0.4 is 20.9 Å². The maximum atomic E-state index is 14.1. The van der Waals surface area contributed by atoms with Gasteiger partial charge in [-0.15, -0.1) is 11.8 Å². The molecule has 1 heterocycles. The summed E-state index contributed by atoms with van der Waals surface area (Å²) in [5, 5.41) is 9.62. The number of aromatic nitrogens is 2. The number of nitrogens with zero attached hydrogens (tertiary/aromatic N) is 2. The normalized spacial score (nSPS) is 12.8. The maximum Gasteiger partial charge on any atom is 0.287 e. The SMILES string of the molecule is CCCCCCCSc1c(Nc2ccc(S(=O)(=O)N(C)C)cc2Cl)[nH]n(-c2c(Cl)cc(NC(=O)C(CC)Oc3cc(C(C)(C)CC)ccc3C(C)(C)CC)cc2Cl)c1=O. The van der Waals surface area contributed by atoms with E-state index >= 15 is 0 Å². The molecule has 0 saturated carbocycles. The molecule has 10 nitrogen and oxygen atoms in total. The van der Waals surface area contributed by atoms with Gasteiger partial charge in [0, 0.05) is 19.8 Å². The fraction of sp³-hybridized carbons (Fsp3) is 0.500. The highest BCUT2D eigenvalue weighted by Crippen LogP contribution is 2.40. The van der Waals surface area contributed by atoms with Crippen LogP contribution >= 0.6 is 46.6 Å². The number of unbranched alkanes of at least 4 members (excludes halogenated alkanes) is 4. The van der Waals surface area contributed by atoms with E-state index in [-0.39, 0.29) is 42.4 Å². The van der Waals surface area contributed by atoms with E-state index in [1.165, 1.54) is 42.7 Å². The van der Waals surface area contributed by atoms with Crippen molar-refractivity contribution in [3.63, 3.8) is 0 Å². The van der Waals surface area contributed by atoms with Crippen molar-refractivity contribution in [2.45, 2.75) is 133 Å². The number of anilines is 3. The Bertz CT molecular complexity index is 2250. The topological polar surface area (TPSA) is 126 Å². The Hall–Kier alpha value is -3.13. The smallest absolute Gasteiger partial charge is 0.287 e. The lowest BCUT2D eigenvalue weighted by Gasteiger charge is -2.31. The van der Waals surface area contributed by atoms with Gasteiger partial charge in [0.05, 0.1) is 25.7 Å². The van der Waals surface area contributed by atoms with Crippen LogP contribution in [0.2, 0.25) is 15.1 Å². The summed E-state index contributed by atoms with van der Waals surface area (Å²) < 4.78 is 34.4. The van der Waals surface area contributed by atoms with E-state index in [0.29, 0.717) is 40.0 Å². The fourth-order valence-corrected chi connectivity index (χ4v) is 9.21. The lowest BCUT2D eigenvalue weighted by molar-refractivity contribution is -0.122. The van der Waals surface area contributed by atoms with E-state index < -0.39 is 21.7 Å². The first-order chi connectivity index (χ1) is 27.7. The number of aromatic amines is 1. The number of rotatable bonds is 21. The highest BCUT2D eigenvalue weighted by Gasteiger charge is 2.29. The van der Waals surface area contributed by atoms with Crippen LogP contribution in [0.5, 0.6) is 5.75 Å². The summed E-state index contributed by atoms with van der Waals surface area (Å²) in [7, 11) is -0.834. The first kappa shape index (κ1) is 48.5. The van der Waals surface area contributed by atoms with Crippen molar-refractivity contribution in [2.75, 3.05) is 30.5 Å². The molecule has 15 heteroatoms. The van der Waals surface area contributed by atoms with Crippen LogP contribution in [0.1, 0.15) is 118 Å². The minimum absolute atomic E-state index is 0.0313. The number of nitrogens with one attached hydrogen (secondary N) is 3. The number of ether oxygens (including phenoxy) is 1. The molecule has 4 aromatic rings. The molecule has 1 unspecified atom stereocenters. The monoisotopic (exact) mass is 907 g/mol. The van der Waals surface area contributed by atoms with Crippen LogP contribution in [-0.4, -0.2) is 54.4 Å². The molecule has 3 aromatic carbocycles. The predicted octanol–water partition coefficient (Wildman–Crippen LogP) is 12.4. The van der Waals surface area contributed by atoms with Gasteiger partial charge >= 0.3 is 0 Å². The zero-order valence-electron chi connectivity index (χ0n) is 35.9. The van der Waals surface area contributed by atoms with E-state index in [4.69, 9.17) is 39.5 Å². The average Bonchev–Trinajstić information content (AvgIpc) is 3.48. The lowest BCUT2D eigenvalue weighted by atomic mass is 9.77. The summed E-state index contributed by atoms with van der Waals surface area (Å²) in [4.78, 5) is 28.4. The average molecular weight is 909 g/mol. The molecule has 0 aliphatic carbocycles. The van der Waals surface area contributed by atoms with Crippen LogP contribution in [0, 0.1) is 0 Å². The highest BCUT2D eigenvalue weighted by atomic mass is 35.5. The molecule has 1 atom stereocenters. The molecule has 0 aliphatic heterocycles. The molecular weight excluding hydrogens is 849 g/mol. The molecular formula is C44H60Cl3N5O5S2. The highest BCUT2D eigenvalue weighted by molar-refractivity contribution is 7.99. The number of carbonyl (C=O) groups is 1. The summed E-state index contributed by atoms with van der Waals surface area (Å²) in [6.07, 6.45) is 6.74. The third kappa shape index (κ3) is 11.6. The van der Waals surface area contributed by atoms with Crippen LogP contribution in [0.15, 0.2) is 63.1 Å². The molecule has 0 fully saturated rings. The first-order valence-corrected chi connectivity index (χ1v) is 23.9. The van der Waals surface area contributed by atoms with Gasteiger partial charge in [0.2, 0.25) is 10.0 Å². The molecule has 1 amide bonds. The predicted molar refractivity (Wildman–Crippen MR) is 248 cm³/mol. The number of sulfonamides is 1. The van der Waals surface area contributed by atoms with Crippen molar-refractivity contribution < 1.29 is 17.9 Å². The number of amides is 1. The standard InChI is InChI=1S/C44H60Cl3N5O5S2/c1-11-15-16-17-18-23-58-39-40(49-35-22-20-30(27-32(35)45)59(55,56)51(9)10)50-52(42(39)54)38-33(46)25-29(26-34(38)47)48-41(53)36(12-2)57-37-24-28(43(5,6)13-3)19-21-31(37)44(7,8)14-4/h19-22,24-27,36,49-50H,11-18,23H2,1-10H3,(H,48,53). The second-order valence-corrected chi connectivity index (χ2v) is 20.7. The summed E-state index contributed by atoms with van der Waals surface area (Å²) in [6, 6.07) is 13.8. The summed E-state index contributed by atoms with van der Waals surface area (Å²) >= 11 is 21.7. The molecule has 324 valence electrons. The Kier molecular flexibility index (Phi) is 17.0. The van der Waals surface area contributed by atoms with E-state index in [2.05, 4.69) is 82.4 Å². The Morgan fingerprint density at radius 3 is 2.10 bits per heavy atom. The molecule has 0 saturated heterocycles. The van der Waals surface area contributed by atoms with Gasteiger partial charge in [-0.3, -0.25) is 14.7 Å². The van der Waals surface area contributed by atoms with Crippen molar-refractivity contribution in [1.29, 1.82) is 0 Å². The third-order valence-electron chi connectivity index (χ3n) is 11.0. The molecule has 0 aliphatic rings. The van der Waals surface area contributed by atoms with E-state index in [1.807, 2.05) is 6.92 Å². The van der Waals surface area contributed by atoms with Crippen molar-refractivity contribution >= 4 is 79.7 Å². The van der Waals surface area contributed by atoms with E-state index in [1.54, 1.807) is 18.2 Å². The van der Waals surface area contributed by atoms with Gasteiger partial charge in [-0.05, 0) is 89.8 Å². The summed E-state index contributed by atoms with van der Waals surface area (Å²) in [6.45, 7) is 17.1. The minimum atomic E-state index is -3.72. The van der Waals surface area contributed by atoms with E-state index in [9.17, 15) is 18.0 Å². The van der Waals surface area contributed by atoms with Gasteiger partial charge in [-0.1, -0.05) is 128 Å². The Morgan fingerprint density at radius 2 is 1.53 bits per heavy atom. The second-order valence-electron chi connectivity index (χ2n) is 16.3. The fourth-order valence-electron chi connectivity index (χ4n) is 6.32. The van der Waals surface area contributed by atoms with Gasteiger partial charge in [0.1, 0.15) is 22.2 Å². The lowest BCUT2D eigenvalue weighted by Crippen LogP contribution is -2.33. The van der Waals surface area contributed by atoms with Crippen LogP contribution in [0.3, 0.4) is 0 Å². The minimum Gasteiger partial charge on any atom is -0.480 e. The molecule has 4 rings (SSSR count). The molecule has 59 heavy (non-hydrogen) atoms. The summed E-state index contributed by atoms with van der Waals surface area (Å²) in [5.74, 6) is 1.34. The Labute approximate surface area is 370 Å². The Morgan fingerprint density at radius 1 is 0.881 bits per heavy atom. The van der Waals surface area contributed by atoms with Gasteiger partial charge in [-0.25, -0.2) is 17.4 Å². The number of halogens is 3. The number of hydrogen-bond acceptors (Lipinski definition) is 7. The van der Waals surface area contributed by atoms with Crippen LogP contribution in [0.25, 0.3) is 5.69 Å². The summed E-state index contributed by atoms with van der Waals surface area (Å²) in [5.41, 5.74) is 2.44. The van der Waals surface area contributed by atoms with E-state index in [0.717, 1.165) is 60.4 Å². The maximum absolute atomic E-state index is 14.1. The molecule has 1 aromatic heterocycles. The zero-order valence-corrected chi connectivity index (χ0v) is 39.8. The largest absolute Gasteiger partial charge is 0.480 e. The van der Waals surface area contributed by atoms with Gasteiger partial charge in [0.25, 0.3) is 11.5 Å². The van der Waals surface area contributed by atoms with Crippen molar-refractivity contribution in [3.05, 3.63) is 85.1 Å². The number of carbonyl (C=O) groups excluding carboxylic acids is 1. The molecule has 0 bridgehead atoms.